The molecule has 1 unspecified atom stereocenters. The molecule has 0 radical (unpaired) electrons. The molecule has 1 aliphatic rings. The van der Waals surface area contributed by atoms with Crippen molar-refractivity contribution < 1.29 is 9.18 Å². The zero-order chi connectivity index (χ0) is 24.1. The van der Waals surface area contributed by atoms with Crippen LogP contribution in [0.15, 0.2) is 35.5 Å². The van der Waals surface area contributed by atoms with Crippen molar-refractivity contribution in [2.75, 3.05) is 18.4 Å². The van der Waals surface area contributed by atoms with E-state index in [0.29, 0.717) is 23.0 Å². The van der Waals surface area contributed by atoms with Gasteiger partial charge in [-0.05, 0) is 43.6 Å². The summed E-state index contributed by atoms with van der Waals surface area (Å²) in [5, 5.41) is 3.64. The Kier molecular flexibility index (Phi) is 8.05. The molecule has 34 heavy (non-hydrogen) atoms. The molecule has 1 aliphatic carbocycles. The summed E-state index contributed by atoms with van der Waals surface area (Å²) in [6.45, 7) is 6.90. The first-order chi connectivity index (χ1) is 16.5. The second-order valence-electron chi connectivity index (χ2n) is 8.96. The number of anilines is 1. The van der Waals surface area contributed by atoms with Crippen molar-refractivity contribution in [3.8, 4) is 0 Å². The summed E-state index contributed by atoms with van der Waals surface area (Å²) >= 11 is 1.45. The van der Waals surface area contributed by atoms with Crippen LogP contribution >= 0.6 is 11.3 Å². The second kappa shape index (κ2) is 11.2. The zero-order valence-electron chi connectivity index (χ0n) is 19.8. The number of carbonyl (C=O) groups excluding carboxylic acids is 1. The molecule has 1 N–H and O–H groups in total. The van der Waals surface area contributed by atoms with Gasteiger partial charge in [-0.15, -0.1) is 11.3 Å². The van der Waals surface area contributed by atoms with Crippen LogP contribution in [0.2, 0.25) is 0 Å². The lowest BCUT2D eigenvalue weighted by Crippen LogP contribution is -2.35. The third-order valence-corrected chi connectivity index (χ3v) is 7.62. The number of thiazole rings is 1. The number of hydrogen-bond acceptors (Lipinski definition) is 6. The maximum atomic E-state index is 13.8. The van der Waals surface area contributed by atoms with Gasteiger partial charge in [-0.2, -0.15) is 0 Å². The Morgan fingerprint density at radius 3 is 2.74 bits per heavy atom. The minimum absolute atomic E-state index is 0.180. The number of amides is 1. The highest BCUT2D eigenvalue weighted by Gasteiger charge is 2.28. The summed E-state index contributed by atoms with van der Waals surface area (Å²) in [6.07, 6.45) is 9.32. The fourth-order valence-corrected chi connectivity index (χ4v) is 5.57. The van der Waals surface area contributed by atoms with Crippen molar-refractivity contribution in [3.63, 3.8) is 0 Å². The van der Waals surface area contributed by atoms with Crippen molar-refractivity contribution in [1.82, 2.24) is 19.4 Å². The van der Waals surface area contributed by atoms with Gasteiger partial charge in [0.25, 0.3) is 5.56 Å². The van der Waals surface area contributed by atoms with E-state index >= 15 is 0 Å². The fraction of sp³-hybridized carbons (Fsp3) is 0.520. The van der Waals surface area contributed by atoms with Crippen LogP contribution in [0.3, 0.4) is 0 Å². The topological polar surface area (TPSA) is 80.1 Å². The predicted octanol–water partition coefficient (Wildman–Crippen LogP) is 4.98. The van der Waals surface area contributed by atoms with E-state index in [4.69, 9.17) is 0 Å². The molecule has 1 amide bonds. The Morgan fingerprint density at radius 2 is 2.00 bits per heavy atom. The third-order valence-electron chi connectivity index (χ3n) is 6.72. The van der Waals surface area contributed by atoms with Gasteiger partial charge >= 0.3 is 0 Å². The average Bonchev–Trinajstić information content (AvgIpc) is 3.29. The van der Waals surface area contributed by atoms with E-state index in [1.54, 1.807) is 6.20 Å². The molecule has 3 aromatic rings. The minimum atomic E-state index is -0.731. The lowest BCUT2D eigenvalue weighted by atomic mass is 9.84. The SMILES string of the molecule is CCN(CC)Cc1cnc(NC(=O)C(CC2CCCCC2)n2cnc3ccc(F)cc3c2=O)s1. The molecule has 4 rings (SSSR count). The lowest BCUT2D eigenvalue weighted by Gasteiger charge is -2.27. The van der Waals surface area contributed by atoms with Gasteiger partial charge in [0.2, 0.25) is 5.91 Å². The van der Waals surface area contributed by atoms with Crippen LogP contribution in [-0.4, -0.2) is 38.4 Å². The van der Waals surface area contributed by atoms with Crippen LogP contribution in [0, 0.1) is 11.7 Å². The van der Waals surface area contributed by atoms with E-state index in [-0.39, 0.29) is 11.3 Å². The highest BCUT2D eigenvalue weighted by molar-refractivity contribution is 7.15. The molecular formula is C25H32FN5O2S. The lowest BCUT2D eigenvalue weighted by molar-refractivity contribution is -0.120. The largest absolute Gasteiger partial charge is 0.300 e. The summed E-state index contributed by atoms with van der Waals surface area (Å²) in [6, 6.07) is 3.23. The van der Waals surface area contributed by atoms with Gasteiger partial charge in [-0.25, -0.2) is 14.4 Å². The first kappa shape index (κ1) is 24.5. The number of aromatic nitrogens is 3. The van der Waals surface area contributed by atoms with E-state index in [0.717, 1.165) is 50.2 Å². The predicted molar refractivity (Wildman–Crippen MR) is 134 cm³/mol. The molecular weight excluding hydrogens is 453 g/mol. The van der Waals surface area contributed by atoms with E-state index in [1.807, 2.05) is 0 Å². The first-order valence-corrected chi connectivity index (χ1v) is 12.9. The van der Waals surface area contributed by atoms with Crippen molar-refractivity contribution in [2.24, 2.45) is 5.92 Å². The van der Waals surface area contributed by atoms with E-state index < -0.39 is 17.4 Å². The molecule has 0 spiro atoms. The van der Waals surface area contributed by atoms with Crippen molar-refractivity contribution in [2.45, 2.75) is 65.0 Å². The number of carbonyl (C=O) groups is 1. The summed E-state index contributed by atoms with van der Waals surface area (Å²) in [5.74, 6) is -0.427. The molecule has 2 heterocycles. The van der Waals surface area contributed by atoms with Gasteiger partial charge in [0.1, 0.15) is 11.9 Å². The van der Waals surface area contributed by atoms with E-state index in [1.165, 1.54) is 46.9 Å². The number of nitrogens with zero attached hydrogens (tertiary/aromatic N) is 4. The molecule has 1 aromatic carbocycles. The zero-order valence-corrected chi connectivity index (χ0v) is 20.6. The van der Waals surface area contributed by atoms with Gasteiger partial charge in [0, 0.05) is 17.6 Å². The normalized spacial score (nSPS) is 15.6. The van der Waals surface area contributed by atoms with E-state index in [2.05, 4.69) is 34.0 Å². The first-order valence-electron chi connectivity index (χ1n) is 12.1. The number of halogens is 1. The van der Waals surface area contributed by atoms with Crippen LogP contribution in [0.25, 0.3) is 10.9 Å². The Labute approximate surface area is 203 Å². The highest BCUT2D eigenvalue weighted by atomic mass is 32.1. The van der Waals surface area contributed by atoms with Crippen LogP contribution in [0.4, 0.5) is 9.52 Å². The van der Waals surface area contributed by atoms with Crippen molar-refractivity contribution in [3.05, 3.63) is 51.8 Å². The second-order valence-corrected chi connectivity index (χ2v) is 10.1. The van der Waals surface area contributed by atoms with Gasteiger partial charge < -0.3 is 5.32 Å². The molecule has 1 fully saturated rings. The number of fused-ring (bicyclic) bond motifs is 1. The van der Waals surface area contributed by atoms with Gasteiger partial charge in [-0.1, -0.05) is 46.0 Å². The van der Waals surface area contributed by atoms with Crippen molar-refractivity contribution >= 4 is 33.3 Å². The third kappa shape index (κ3) is 5.70. The molecule has 2 aromatic heterocycles. The quantitative estimate of drug-likeness (QED) is 0.462. The summed E-state index contributed by atoms with van der Waals surface area (Å²) in [4.78, 5) is 38.8. The number of benzene rings is 1. The van der Waals surface area contributed by atoms with Gasteiger partial charge in [0.15, 0.2) is 5.13 Å². The standard InChI is InChI=1S/C25H32FN5O2S/c1-3-30(4-2)15-19-14-27-25(34-19)29-23(32)22(12-17-8-6-5-7-9-17)31-16-28-21-11-10-18(26)13-20(21)24(31)33/h10-11,13-14,16-17,22H,3-9,12,15H2,1-2H3,(H,27,29,32). The Hall–Kier alpha value is -2.65. The van der Waals surface area contributed by atoms with Crippen LogP contribution in [-0.2, 0) is 11.3 Å². The van der Waals surface area contributed by atoms with Crippen LogP contribution in [0.1, 0.15) is 63.3 Å². The molecule has 182 valence electrons. The van der Waals surface area contributed by atoms with Crippen LogP contribution < -0.4 is 10.9 Å². The Morgan fingerprint density at radius 1 is 1.24 bits per heavy atom. The molecule has 1 saturated carbocycles. The molecule has 9 heteroatoms. The molecule has 0 saturated heterocycles. The van der Waals surface area contributed by atoms with Crippen molar-refractivity contribution in [1.29, 1.82) is 0 Å². The maximum Gasteiger partial charge on any atom is 0.262 e. The average molecular weight is 486 g/mol. The highest BCUT2D eigenvalue weighted by Crippen LogP contribution is 2.31. The minimum Gasteiger partial charge on any atom is -0.300 e. The van der Waals surface area contributed by atoms with Gasteiger partial charge in [0.05, 0.1) is 17.2 Å². The number of nitrogens with one attached hydrogen (secondary N) is 1. The molecule has 7 nitrogen and oxygen atoms in total. The number of hydrogen-bond donors (Lipinski definition) is 1. The van der Waals surface area contributed by atoms with Crippen LogP contribution in [0.5, 0.6) is 0 Å². The Balaban J connectivity index is 1.61. The molecule has 1 atom stereocenters. The molecule has 0 aliphatic heterocycles. The number of rotatable bonds is 9. The fourth-order valence-electron chi connectivity index (χ4n) is 4.71. The summed E-state index contributed by atoms with van der Waals surface area (Å²) < 4.78 is 15.2. The van der Waals surface area contributed by atoms with E-state index in [9.17, 15) is 14.0 Å². The maximum absolute atomic E-state index is 13.8. The monoisotopic (exact) mass is 485 g/mol. The van der Waals surface area contributed by atoms with Gasteiger partial charge in [-0.3, -0.25) is 19.1 Å². The molecule has 0 bridgehead atoms. The summed E-state index contributed by atoms with van der Waals surface area (Å²) in [5.41, 5.74) is 0.0160. The smallest absolute Gasteiger partial charge is 0.262 e. The summed E-state index contributed by atoms with van der Waals surface area (Å²) in [7, 11) is 0. The Bertz CT molecular complexity index is 1180.